The Kier molecular flexibility index (Phi) is 11.0. The lowest BCUT2D eigenvalue weighted by molar-refractivity contribution is 0.473. The first-order chi connectivity index (χ1) is 14.4. The first-order valence-corrected chi connectivity index (χ1v) is 12.8. The molecule has 1 fully saturated rings. The summed E-state index contributed by atoms with van der Waals surface area (Å²) < 4.78 is 13.8. The van der Waals surface area contributed by atoms with Crippen LogP contribution in [0.3, 0.4) is 0 Å². The summed E-state index contributed by atoms with van der Waals surface area (Å²) in [5.41, 5.74) is 2.34. The lowest BCUT2D eigenvalue weighted by Crippen LogP contribution is -2.33. The first-order valence-electron chi connectivity index (χ1n) is 10.5. The molecule has 0 spiro atoms. The van der Waals surface area contributed by atoms with Gasteiger partial charge in [-0.1, -0.05) is 54.7 Å². The molecule has 2 aromatic rings. The molecule has 1 saturated heterocycles. The molecule has 3 nitrogen and oxygen atoms in total. The number of halogens is 3. The monoisotopic (exact) mass is 488 g/mol. The Morgan fingerprint density at radius 3 is 2.33 bits per heavy atom. The largest absolute Gasteiger partial charge is 0.364 e. The summed E-state index contributed by atoms with van der Waals surface area (Å²) in [6.45, 7) is 7.81. The van der Waals surface area contributed by atoms with Gasteiger partial charge < -0.3 is 4.90 Å². The van der Waals surface area contributed by atoms with Crippen LogP contribution in [0.15, 0.2) is 42.5 Å². The standard InChI is InChI=1S/C17H16Cl3N.C6H15NOS/c18-12-4-7-14(8-5-12)21-10-2-1-3-17(21)15-9-6-13(19)11-16(15)20;1-4-6(3)9(8)7-5-2/h4-9,11,17H,1-3,10H2;6-7H,4-5H2,1-3H3. The van der Waals surface area contributed by atoms with E-state index in [2.05, 4.69) is 21.8 Å². The lowest BCUT2D eigenvalue weighted by Gasteiger charge is -2.38. The van der Waals surface area contributed by atoms with Gasteiger partial charge in [0.1, 0.15) is 0 Å². The lowest BCUT2D eigenvalue weighted by atomic mass is 9.94. The Balaban J connectivity index is 0.000000303. The fourth-order valence-electron chi connectivity index (χ4n) is 3.40. The van der Waals surface area contributed by atoms with Crippen LogP contribution in [-0.2, 0) is 11.0 Å². The number of piperidine rings is 1. The van der Waals surface area contributed by atoms with E-state index >= 15 is 0 Å². The van der Waals surface area contributed by atoms with Crippen LogP contribution in [0.2, 0.25) is 15.1 Å². The van der Waals surface area contributed by atoms with Gasteiger partial charge in [-0.05, 0) is 74.6 Å². The molecule has 7 heteroatoms. The zero-order valence-corrected chi connectivity index (χ0v) is 20.9. The van der Waals surface area contributed by atoms with Crippen molar-refractivity contribution in [3.8, 4) is 0 Å². The minimum absolute atomic E-state index is 0.282. The van der Waals surface area contributed by atoms with Crippen molar-refractivity contribution in [3.05, 3.63) is 63.1 Å². The first kappa shape index (κ1) is 25.5. The third kappa shape index (κ3) is 7.42. The second-order valence-electron chi connectivity index (χ2n) is 7.36. The average Bonchev–Trinajstić information content (AvgIpc) is 2.74. The topological polar surface area (TPSA) is 32.3 Å². The Bertz CT molecular complexity index is 817. The molecule has 2 aromatic carbocycles. The summed E-state index contributed by atoms with van der Waals surface area (Å²) in [6.07, 6.45) is 4.49. The summed E-state index contributed by atoms with van der Waals surface area (Å²) in [4.78, 5) is 2.41. The van der Waals surface area contributed by atoms with Crippen LogP contribution in [0, 0.1) is 0 Å². The molecule has 1 aliphatic heterocycles. The van der Waals surface area contributed by atoms with Crippen molar-refractivity contribution in [2.45, 2.75) is 57.7 Å². The quantitative estimate of drug-likeness (QED) is 0.457. The highest BCUT2D eigenvalue weighted by atomic mass is 35.5. The van der Waals surface area contributed by atoms with E-state index in [0.717, 1.165) is 41.5 Å². The number of nitrogens with one attached hydrogen (secondary N) is 1. The Labute approximate surface area is 198 Å². The number of hydrogen-bond acceptors (Lipinski definition) is 2. The molecule has 0 bridgehead atoms. The van der Waals surface area contributed by atoms with E-state index in [1.807, 2.05) is 51.1 Å². The van der Waals surface area contributed by atoms with Crippen molar-refractivity contribution in [1.82, 2.24) is 4.72 Å². The molecule has 0 radical (unpaired) electrons. The SMILES string of the molecule is CCNS(=O)C(C)CC.Clc1ccc(N2CCCCC2c2ccc(Cl)cc2Cl)cc1. The van der Waals surface area contributed by atoms with Gasteiger partial charge >= 0.3 is 0 Å². The summed E-state index contributed by atoms with van der Waals surface area (Å²) in [6, 6.07) is 14.1. The van der Waals surface area contributed by atoms with Crippen molar-refractivity contribution in [2.75, 3.05) is 18.0 Å². The Morgan fingerprint density at radius 2 is 1.73 bits per heavy atom. The van der Waals surface area contributed by atoms with Gasteiger partial charge in [-0.2, -0.15) is 0 Å². The molecular weight excluding hydrogens is 459 g/mol. The normalized spacial score (nSPS) is 18.3. The van der Waals surface area contributed by atoms with Crippen molar-refractivity contribution in [2.24, 2.45) is 0 Å². The van der Waals surface area contributed by atoms with Gasteiger partial charge in [0.25, 0.3) is 0 Å². The average molecular weight is 490 g/mol. The highest BCUT2D eigenvalue weighted by Gasteiger charge is 2.26. The van der Waals surface area contributed by atoms with Gasteiger partial charge in [0.05, 0.1) is 17.0 Å². The van der Waals surface area contributed by atoms with Crippen LogP contribution in [0.1, 0.15) is 58.1 Å². The summed E-state index contributed by atoms with van der Waals surface area (Å²) in [7, 11) is -0.815. The maximum atomic E-state index is 11.0. The van der Waals surface area contributed by atoms with Crippen molar-refractivity contribution in [1.29, 1.82) is 0 Å². The van der Waals surface area contributed by atoms with Gasteiger partial charge in [0.15, 0.2) is 0 Å². The van der Waals surface area contributed by atoms with Crippen LogP contribution in [0.5, 0.6) is 0 Å². The maximum Gasteiger partial charge on any atom is 0.0943 e. The van der Waals surface area contributed by atoms with E-state index in [1.165, 1.54) is 18.5 Å². The zero-order chi connectivity index (χ0) is 22.1. The molecule has 1 aliphatic rings. The fraction of sp³-hybridized carbons (Fsp3) is 0.478. The van der Waals surface area contributed by atoms with Crippen LogP contribution in [0.25, 0.3) is 0 Å². The van der Waals surface area contributed by atoms with Crippen molar-refractivity contribution >= 4 is 51.5 Å². The third-order valence-corrected chi connectivity index (χ3v) is 7.66. The third-order valence-electron chi connectivity index (χ3n) is 5.21. The van der Waals surface area contributed by atoms with E-state index in [0.29, 0.717) is 11.1 Å². The van der Waals surface area contributed by atoms with Gasteiger partial charge in [-0.3, -0.25) is 0 Å². The molecule has 0 aliphatic carbocycles. The zero-order valence-electron chi connectivity index (χ0n) is 17.8. The second kappa shape index (κ2) is 12.9. The van der Waals surface area contributed by atoms with E-state index in [9.17, 15) is 4.21 Å². The van der Waals surface area contributed by atoms with E-state index in [-0.39, 0.29) is 5.25 Å². The van der Waals surface area contributed by atoms with Gasteiger partial charge in [-0.15, -0.1) is 0 Å². The molecule has 0 saturated carbocycles. The summed E-state index contributed by atoms with van der Waals surface area (Å²) in [5.74, 6) is 0. The highest BCUT2D eigenvalue weighted by Crippen LogP contribution is 2.38. The summed E-state index contributed by atoms with van der Waals surface area (Å²) >= 11 is 18.4. The molecule has 1 heterocycles. The molecular formula is C23H31Cl3N2OS. The van der Waals surface area contributed by atoms with Gasteiger partial charge in [0.2, 0.25) is 0 Å². The highest BCUT2D eigenvalue weighted by molar-refractivity contribution is 7.83. The van der Waals surface area contributed by atoms with E-state index in [4.69, 9.17) is 34.8 Å². The molecule has 166 valence electrons. The Hall–Kier alpha value is -0.780. The molecule has 1 N–H and O–H groups in total. The summed E-state index contributed by atoms with van der Waals surface area (Å²) in [5, 5.41) is 2.47. The molecule has 3 rings (SSSR count). The van der Waals surface area contributed by atoms with Crippen LogP contribution < -0.4 is 9.62 Å². The number of benzene rings is 2. The number of anilines is 1. The molecule has 3 unspecified atom stereocenters. The number of nitrogens with zero attached hydrogens (tertiary/aromatic N) is 1. The number of rotatable bonds is 6. The van der Waals surface area contributed by atoms with Crippen molar-refractivity contribution in [3.63, 3.8) is 0 Å². The van der Waals surface area contributed by atoms with Gasteiger partial charge in [-0.25, -0.2) is 8.93 Å². The fourth-order valence-corrected chi connectivity index (χ4v) is 4.94. The molecule has 0 amide bonds. The minimum atomic E-state index is -0.815. The molecule has 30 heavy (non-hydrogen) atoms. The maximum absolute atomic E-state index is 11.0. The van der Waals surface area contributed by atoms with Crippen LogP contribution >= 0.6 is 34.8 Å². The van der Waals surface area contributed by atoms with Crippen molar-refractivity contribution < 1.29 is 4.21 Å². The van der Waals surface area contributed by atoms with Crippen LogP contribution in [0.4, 0.5) is 5.69 Å². The predicted molar refractivity (Wildman–Crippen MR) is 133 cm³/mol. The minimum Gasteiger partial charge on any atom is -0.364 e. The Morgan fingerprint density at radius 1 is 1.07 bits per heavy atom. The van der Waals surface area contributed by atoms with Gasteiger partial charge in [0, 0.05) is 39.1 Å². The predicted octanol–water partition coefficient (Wildman–Crippen LogP) is 7.44. The number of hydrogen-bond donors (Lipinski definition) is 1. The molecule has 0 aromatic heterocycles. The molecule has 3 atom stereocenters. The van der Waals surface area contributed by atoms with E-state index < -0.39 is 11.0 Å². The van der Waals surface area contributed by atoms with Crippen LogP contribution in [-0.4, -0.2) is 22.5 Å². The second-order valence-corrected chi connectivity index (χ2v) is 10.3. The smallest absolute Gasteiger partial charge is 0.0943 e. The van der Waals surface area contributed by atoms with E-state index in [1.54, 1.807) is 0 Å².